The lowest BCUT2D eigenvalue weighted by Crippen LogP contribution is -2.55. The second-order valence-electron chi connectivity index (χ2n) is 9.81. The molecule has 0 unspecified atom stereocenters. The van der Waals surface area contributed by atoms with Crippen molar-refractivity contribution in [2.24, 2.45) is 11.3 Å². The van der Waals surface area contributed by atoms with Gasteiger partial charge in [-0.1, -0.05) is 71.3 Å². The van der Waals surface area contributed by atoms with Crippen LogP contribution in [0.15, 0.2) is 0 Å². The van der Waals surface area contributed by atoms with E-state index in [1.165, 1.54) is 0 Å². The van der Waals surface area contributed by atoms with Crippen molar-refractivity contribution in [1.29, 1.82) is 0 Å². The van der Waals surface area contributed by atoms with Gasteiger partial charge in [0.1, 0.15) is 0 Å². The zero-order chi connectivity index (χ0) is 19.1. The van der Waals surface area contributed by atoms with Crippen molar-refractivity contribution < 1.29 is 9.16 Å². The summed E-state index contributed by atoms with van der Waals surface area (Å²) in [6.45, 7) is 23.5. The molecule has 0 saturated heterocycles. The third-order valence-electron chi connectivity index (χ3n) is 6.60. The van der Waals surface area contributed by atoms with Gasteiger partial charge in [-0.3, -0.25) is 0 Å². The Morgan fingerprint density at radius 2 is 1.42 bits per heavy atom. The van der Waals surface area contributed by atoms with Gasteiger partial charge < -0.3 is 9.16 Å². The largest absolute Gasteiger partial charge is 0.412 e. The summed E-state index contributed by atoms with van der Waals surface area (Å²) in [5.41, 5.74) is 1.85. The van der Waals surface area contributed by atoms with E-state index in [9.17, 15) is 0 Å². The van der Waals surface area contributed by atoms with Gasteiger partial charge in [0.25, 0.3) is 0 Å². The van der Waals surface area contributed by atoms with E-state index in [2.05, 4.69) is 85.2 Å². The molecule has 0 heterocycles. The van der Waals surface area contributed by atoms with E-state index in [4.69, 9.17) is 9.16 Å². The molecule has 1 rings (SSSR count). The number of rotatable bonds is 7. The highest BCUT2D eigenvalue weighted by molar-refractivity contribution is 9.10. The first-order chi connectivity index (χ1) is 10.7. The first-order valence-electron chi connectivity index (χ1n) is 9.62. The Morgan fingerprint density at radius 3 is 1.71 bits per heavy atom. The van der Waals surface area contributed by atoms with Crippen molar-refractivity contribution in [3.63, 3.8) is 0 Å². The van der Waals surface area contributed by atoms with Gasteiger partial charge in [-0.05, 0) is 36.9 Å². The van der Waals surface area contributed by atoms with Crippen LogP contribution in [0.2, 0.25) is 16.6 Å². The summed E-state index contributed by atoms with van der Waals surface area (Å²) in [5.74, 6) is 0.459. The highest BCUT2D eigenvalue weighted by Gasteiger charge is 2.58. The Bertz CT molecular complexity index is 391. The quantitative estimate of drug-likeness (QED) is 0.333. The van der Waals surface area contributed by atoms with Crippen LogP contribution in [0.5, 0.6) is 0 Å². The fourth-order valence-electron chi connectivity index (χ4n) is 5.26. The van der Waals surface area contributed by atoms with E-state index in [0.29, 0.717) is 22.5 Å². The van der Waals surface area contributed by atoms with Crippen LogP contribution in [-0.4, -0.2) is 32.0 Å². The Labute approximate surface area is 160 Å². The molecular formula is C20H41BrO2Si. The summed E-state index contributed by atoms with van der Waals surface area (Å²) in [6, 6.07) is 0. The number of alkyl halides is 1. The minimum Gasteiger partial charge on any atom is -0.412 e. The lowest BCUT2D eigenvalue weighted by atomic mass is 9.83. The fourth-order valence-corrected chi connectivity index (χ4v) is 11.4. The van der Waals surface area contributed by atoms with Crippen molar-refractivity contribution in [1.82, 2.24) is 0 Å². The van der Waals surface area contributed by atoms with Crippen molar-refractivity contribution in [3.8, 4) is 0 Å². The van der Waals surface area contributed by atoms with Crippen LogP contribution >= 0.6 is 15.9 Å². The Kier molecular flexibility index (Phi) is 7.27. The van der Waals surface area contributed by atoms with Gasteiger partial charge in [-0.2, -0.15) is 0 Å². The first kappa shape index (κ1) is 22.7. The average molecular weight is 422 g/mol. The third-order valence-corrected chi connectivity index (χ3v) is 13.3. The molecular weight excluding hydrogens is 380 g/mol. The van der Waals surface area contributed by atoms with Crippen LogP contribution in [0.25, 0.3) is 0 Å². The number of hydrogen-bond acceptors (Lipinski definition) is 2. The molecule has 0 N–H and O–H groups in total. The van der Waals surface area contributed by atoms with Crippen molar-refractivity contribution in [3.05, 3.63) is 0 Å². The van der Waals surface area contributed by atoms with Crippen molar-refractivity contribution in [2.75, 3.05) is 7.11 Å². The highest BCUT2D eigenvalue weighted by atomic mass is 79.9. The molecule has 24 heavy (non-hydrogen) atoms. The summed E-state index contributed by atoms with van der Waals surface area (Å²) in [5, 5.41) is 0. The van der Waals surface area contributed by atoms with Gasteiger partial charge in [-0.15, -0.1) is 0 Å². The molecule has 144 valence electrons. The monoisotopic (exact) mass is 420 g/mol. The zero-order valence-electron chi connectivity index (χ0n) is 17.9. The maximum absolute atomic E-state index is 7.30. The van der Waals surface area contributed by atoms with E-state index >= 15 is 0 Å². The third kappa shape index (κ3) is 3.97. The predicted molar refractivity (Wildman–Crippen MR) is 112 cm³/mol. The number of halogens is 1. The second-order valence-corrected chi connectivity index (χ2v) is 17.3. The first-order valence-corrected chi connectivity index (χ1v) is 12.6. The summed E-state index contributed by atoms with van der Waals surface area (Å²) < 4.78 is 13.2. The van der Waals surface area contributed by atoms with Gasteiger partial charge in [0.15, 0.2) is 0 Å². The molecule has 0 aromatic heterocycles. The van der Waals surface area contributed by atoms with Crippen LogP contribution in [0.1, 0.15) is 75.7 Å². The Hall–Kier alpha value is 0.617. The smallest absolute Gasteiger partial charge is 0.200 e. The van der Waals surface area contributed by atoms with Crippen LogP contribution in [0.4, 0.5) is 0 Å². The number of hydrogen-bond donors (Lipinski definition) is 0. The molecule has 0 spiro atoms. The van der Waals surface area contributed by atoms with Gasteiger partial charge in [-0.25, -0.2) is 0 Å². The normalized spacial score (nSPS) is 28.4. The lowest BCUT2D eigenvalue weighted by molar-refractivity contribution is -0.0242. The van der Waals surface area contributed by atoms with Gasteiger partial charge in [0, 0.05) is 22.8 Å². The van der Waals surface area contributed by atoms with Gasteiger partial charge in [0.05, 0.1) is 12.2 Å². The molecule has 1 saturated carbocycles. The van der Waals surface area contributed by atoms with E-state index in [0.717, 1.165) is 6.42 Å². The molecule has 0 radical (unpaired) electrons. The van der Waals surface area contributed by atoms with Crippen molar-refractivity contribution >= 4 is 24.2 Å². The standard InChI is InChI=1S/C20H41BrO2Si/c1-13(2)24(14(3)4,15(5)6)23-18-16(20(9,10)21)12-17(22-11)19(18,7)8/h13-18H,12H2,1-11H3/t16-,17+,18+/m1/s1. The number of methoxy groups -OCH3 is 1. The van der Waals surface area contributed by atoms with Crippen LogP contribution in [0.3, 0.4) is 0 Å². The van der Waals surface area contributed by atoms with Crippen LogP contribution in [0, 0.1) is 11.3 Å². The second kappa shape index (κ2) is 7.70. The van der Waals surface area contributed by atoms with E-state index in [1.807, 2.05) is 7.11 Å². The van der Waals surface area contributed by atoms with Gasteiger partial charge in [0.2, 0.25) is 8.32 Å². The number of ether oxygens (including phenoxy) is 1. The van der Waals surface area contributed by atoms with E-state index < -0.39 is 8.32 Å². The molecule has 0 aromatic carbocycles. The summed E-state index contributed by atoms with van der Waals surface area (Å²) in [4.78, 5) is 0. The SMILES string of the molecule is CO[C@H]1C[C@@H](C(C)(C)Br)[C@H](O[Si](C(C)C)(C(C)C)C(C)C)C1(C)C. The minimum absolute atomic E-state index is 0.0291. The maximum Gasteiger partial charge on any atom is 0.200 e. The van der Waals surface area contributed by atoms with E-state index in [-0.39, 0.29) is 21.9 Å². The van der Waals surface area contributed by atoms with Crippen LogP contribution in [-0.2, 0) is 9.16 Å². The lowest BCUT2D eigenvalue weighted by Gasteiger charge is -2.49. The molecule has 3 atom stereocenters. The molecule has 2 nitrogen and oxygen atoms in total. The van der Waals surface area contributed by atoms with E-state index in [1.54, 1.807) is 0 Å². The Morgan fingerprint density at radius 1 is 1.00 bits per heavy atom. The summed E-state index contributed by atoms with van der Waals surface area (Å²) >= 11 is 3.95. The highest BCUT2D eigenvalue weighted by Crippen LogP contribution is 2.54. The average Bonchev–Trinajstić information content (AvgIpc) is 2.64. The molecule has 1 fully saturated rings. The summed E-state index contributed by atoms with van der Waals surface area (Å²) in [6.07, 6.45) is 1.55. The molecule has 0 aliphatic heterocycles. The molecule has 4 heteroatoms. The molecule has 1 aliphatic rings. The maximum atomic E-state index is 7.30. The van der Waals surface area contributed by atoms with Gasteiger partial charge >= 0.3 is 0 Å². The topological polar surface area (TPSA) is 18.5 Å². The minimum atomic E-state index is -1.92. The predicted octanol–water partition coefficient (Wildman–Crippen LogP) is 6.78. The van der Waals surface area contributed by atoms with Crippen molar-refractivity contribution in [2.45, 2.75) is 109 Å². The zero-order valence-corrected chi connectivity index (χ0v) is 20.5. The molecule has 0 aromatic rings. The molecule has 0 bridgehead atoms. The Balaban J connectivity index is 3.36. The van der Waals surface area contributed by atoms with Crippen LogP contribution < -0.4 is 0 Å². The molecule has 1 aliphatic carbocycles. The summed E-state index contributed by atoms with van der Waals surface area (Å²) in [7, 11) is -0.0685. The fraction of sp³-hybridized carbons (Fsp3) is 1.00. The molecule has 0 amide bonds.